The molecule has 1 aromatic carbocycles. The fourth-order valence-corrected chi connectivity index (χ4v) is 2.52. The molecule has 1 atom stereocenters. The molecule has 0 bridgehead atoms. The van der Waals surface area contributed by atoms with Crippen molar-refractivity contribution >= 4 is 15.9 Å². The minimum atomic E-state index is -0.550. The topological polar surface area (TPSA) is 50.7 Å². The van der Waals surface area contributed by atoms with Crippen LogP contribution in [0.1, 0.15) is 25.5 Å². The Morgan fingerprint density at radius 1 is 1.26 bits per heavy atom. The van der Waals surface area contributed by atoms with Crippen LogP contribution in [0.3, 0.4) is 0 Å². The lowest BCUT2D eigenvalue weighted by Gasteiger charge is -2.22. The summed E-state index contributed by atoms with van der Waals surface area (Å²) in [5, 5.41) is 13.4. The van der Waals surface area contributed by atoms with Crippen LogP contribution in [0, 0.1) is 5.92 Å². The molecular formula is C14H20BrNO3. The van der Waals surface area contributed by atoms with Crippen molar-refractivity contribution in [3.8, 4) is 11.5 Å². The first-order chi connectivity index (χ1) is 9.08. The van der Waals surface area contributed by atoms with Gasteiger partial charge in [0.25, 0.3) is 0 Å². The van der Waals surface area contributed by atoms with Crippen molar-refractivity contribution < 1.29 is 14.6 Å². The van der Waals surface area contributed by atoms with E-state index in [4.69, 9.17) is 9.47 Å². The molecule has 1 aromatic rings. The van der Waals surface area contributed by atoms with Crippen LogP contribution in [0.15, 0.2) is 16.6 Å². The van der Waals surface area contributed by atoms with E-state index in [-0.39, 0.29) is 0 Å². The molecule has 1 aliphatic rings. The van der Waals surface area contributed by atoms with E-state index in [9.17, 15) is 5.11 Å². The average molecular weight is 330 g/mol. The third-order valence-electron chi connectivity index (χ3n) is 2.89. The molecule has 2 N–H and O–H groups in total. The number of hydrogen-bond acceptors (Lipinski definition) is 4. The normalized spacial score (nSPS) is 15.6. The minimum Gasteiger partial charge on any atom is -0.486 e. The van der Waals surface area contributed by atoms with Gasteiger partial charge in [-0.2, -0.15) is 0 Å². The average Bonchev–Trinajstić information content (AvgIpc) is 2.38. The van der Waals surface area contributed by atoms with Crippen LogP contribution >= 0.6 is 15.9 Å². The number of rotatable bonds is 5. The second-order valence-electron chi connectivity index (χ2n) is 5.09. The van der Waals surface area contributed by atoms with Gasteiger partial charge >= 0.3 is 0 Å². The van der Waals surface area contributed by atoms with Gasteiger partial charge in [-0.3, -0.25) is 0 Å². The molecular weight excluding hydrogens is 310 g/mol. The smallest absolute Gasteiger partial charge is 0.175 e. The summed E-state index contributed by atoms with van der Waals surface area (Å²) in [4.78, 5) is 0. The lowest BCUT2D eigenvalue weighted by molar-refractivity contribution is 0.162. The van der Waals surface area contributed by atoms with E-state index in [1.807, 2.05) is 12.1 Å². The van der Waals surface area contributed by atoms with Crippen molar-refractivity contribution in [2.75, 3.05) is 26.3 Å². The molecule has 5 heteroatoms. The molecule has 4 nitrogen and oxygen atoms in total. The Morgan fingerprint density at radius 2 is 2.00 bits per heavy atom. The Labute approximate surface area is 122 Å². The molecule has 0 amide bonds. The monoisotopic (exact) mass is 329 g/mol. The highest BCUT2D eigenvalue weighted by Gasteiger charge is 2.19. The lowest BCUT2D eigenvalue weighted by Crippen LogP contribution is -2.25. The Morgan fingerprint density at radius 3 is 2.74 bits per heavy atom. The molecule has 2 rings (SSSR count). The van der Waals surface area contributed by atoms with Crippen LogP contribution in [0.25, 0.3) is 0 Å². The number of aliphatic hydroxyl groups excluding tert-OH is 1. The zero-order chi connectivity index (χ0) is 13.8. The zero-order valence-corrected chi connectivity index (χ0v) is 12.9. The summed E-state index contributed by atoms with van der Waals surface area (Å²) < 4.78 is 11.9. The predicted octanol–water partition coefficient (Wildman–Crippen LogP) is 2.50. The second-order valence-corrected chi connectivity index (χ2v) is 5.95. The highest BCUT2D eigenvalue weighted by molar-refractivity contribution is 9.10. The molecule has 19 heavy (non-hydrogen) atoms. The van der Waals surface area contributed by atoms with Gasteiger partial charge in [0.05, 0.1) is 10.6 Å². The van der Waals surface area contributed by atoms with Gasteiger partial charge in [0.15, 0.2) is 11.5 Å². The van der Waals surface area contributed by atoms with Crippen molar-refractivity contribution in [3.63, 3.8) is 0 Å². The van der Waals surface area contributed by atoms with Crippen molar-refractivity contribution in [1.29, 1.82) is 0 Å². The molecule has 0 aliphatic carbocycles. The van der Waals surface area contributed by atoms with E-state index in [0.29, 0.717) is 31.4 Å². The van der Waals surface area contributed by atoms with Gasteiger partial charge in [0.1, 0.15) is 13.2 Å². The highest BCUT2D eigenvalue weighted by atomic mass is 79.9. The number of ether oxygens (including phenoxy) is 2. The van der Waals surface area contributed by atoms with E-state index in [1.165, 1.54) is 0 Å². The number of nitrogens with one attached hydrogen (secondary N) is 1. The summed E-state index contributed by atoms with van der Waals surface area (Å²) in [7, 11) is 0. The van der Waals surface area contributed by atoms with Gasteiger partial charge in [0.2, 0.25) is 0 Å². The summed E-state index contributed by atoms with van der Waals surface area (Å²) in [5.41, 5.74) is 0.826. The van der Waals surface area contributed by atoms with Gasteiger partial charge in [-0.15, -0.1) is 0 Å². The standard InChI is InChI=1S/C14H20BrNO3/c1-9(2)7-16-8-12(17)10-5-11(15)14-13(6-10)18-3-4-19-14/h5-6,9,12,16-17H,3-4,7-8H2,1-2H3. The van der Waals surface area contributed by atoms with Crippen LogP contribution in [0.5, 0.6) is 11.5 Å². The largest absolute Gasteiger partial charge is 0.486 e. The van der Waals surface area contributed by atoms with Gasteiger partial charge < -0.3 is 19.9 Å². The molecule has 1 aliphatic heterocycles. The van der Waals surface area contributed by atoms with E-state index in [2.05, 4.69) is 35.1 Å². The number of aliphatic hydroxyl groups is 1. The molecule has 106 valence electrons. The summed E-state index contributed by atoms with van der Waals surface area (Å²) in [6, 6.07) is 3.73. The maximum absolute atomic E-state index is 10.2. The molecule has 0 saturated carbocycles. The SMILES string of the molecule is CC(C)CNCC(O)c1cc(Br)c2c(c1)OCCO2. The van der Waals surface area contributed by atoms with Crippen LogP contribution in [0.2, 0.25) is 0 Å². The summed E-state index contributed by atoms with van der Waals surface area (Å²) in [6.07, 6.45) is -0.550. The maximum Gasteiger partial charge on any atom is 0.175 e. The first-order valence-electron chi connectivity index (χ1n) is 6.55. The van der Waals surface area contributed by atoms with Crippen LogP contribution in [-0.2, 0) is 0 Å². The fourth-order valence-electron chi connectivity index (χ4n) is 1.95. The van der Waals surface area contributed by atoms with Crippen molar-refractivity contribution in [1.82, 2.24) is 5.32 Å². The third kappa shape index (κ3) is 3.84. The minimum absolute atomic E-state index is 0.532. The Bertz CT molecular complexity index is 437. The van der Waals surface area contributed by atoms with Gasteiger partial charge in [0, 0.05) is 6.54 Å². The van der Waals surface area contributed by atoms with Crippen molar-refractivity contribution in [2.45, 2.75) is 20.0 Å². The third-order valence-corrected chi connectivity index (χ3v) is 3.48. The first kappa shape index (κ1) is 14.6. The van der Waals surface area contributed by atoms with Crippen LogP contribution in [0.4, 0.5) is 0 Å². The Kier molecular flexibility index (Phi) is 5.07. The summed E-state index contributed by atoms with van der Waals surface area (Å²) in [5.74, 6) is 1.98. The van der Waals surface area contributed by atoms with Crippen molar-refractivity contribution in [3.05, 3.63) is 22.2 Å². The number of benzene rings is 1. The maximum atomic E-state index is 10.2. The van der Waals surface area contributed by atoms with Crippen LogP contribution < -0.4 is 14.8 Å². The summed E-state index contributed by atoms with van der Waals surface area (Å²) >= 11 is 3.46. The Balaban J connectivity index is 2.05. The molecule has 0 radical (unpaired) electrons. The molecule has 0 saturated heterocycles. The van der Waals surface area contributed by atoms with Gasteiger partial charge in [-0.1, -0.05) is 13.8 Å². The molecule has 0 spiro atoms. The van der Waals surface area contributed by atoms with Gasteiger partial charge in [-0.05, 0) is 46.1 Å². The van der Waals surface area contributed by atoms with E-state index < -0.39 is 6.10 Å². The van der Waals surface area contributed by atoms with E-state index in [1.54, 1.807) is 0 Å². The molecule has 1 unspecified atom stereocenters. The lowest BCUT2D eigenvalue weighted by atomic mass is 10.1. The first-order valence-corrected chi connectivity index (χ1v) is 7.35. The molecule has 1 heterocycles. The Hall–Kier alpha value is -0.780. The number of fused-ring (bicyclic) bond motifs is 1. The van der Waals surface area contributed by atoms with Gasteiger partial charge in [-0.25, -0.2) is 0 Å². The number of hydrogen-bond donors (Lipinski definition) is 2. The predicted molar refractivity (Wildman–Crippen MR) is 77.8 cm³/mol. The van der Waals surface area contributed by atoms with E-state index in [0.717, 1.165) is 22.3 Å². The van der Waals surface area contributed by atoms with E-state index >= 15 is 0 Å². The zero-order valence-electron chi connectivity index (χ0n) is 11.3. The molecule has 0 fully saturated rings. The number of halogens is 1. The summed E-state index contributed by atoms with van der Waals surface area (Å²) in [6.45, 7) is 6.81. The van der Waals surface area contributed by atoms with Crippen LogP contribution in [-0.4, -0.2) is 31.4 Å². The second kappa shape index (κ2) is 6.59. The quantitative estimate of drug-likeness (QED) is 0.871. The fraction of sp³-hybridized carbons (Fsp3) is 0.571. The van der Waals surface area contributed by atoms with Crippen molar-refractivity contribution in [2.24, 2.45) is 5.92 Å². The highest BCUT2D eigenvalue weighted by Crippen LogP contribution is 2.39. The molecule has 0 aromatic heterocycles.